The lowest BCUT2D eigenvalue weighted by Gasteiger charge is -2.14. The average Bonchev–Trinajstić information content (AvgIpc) is 2.98. The summed E-state index contributed by atoms with van der Waals surface area (Å²) in [7, 11) is 0. The molecule has 0 bridgehead atoms. The zero-order chi connectivity index (χ0) is 12.5. The van der Waals surface area contributed by atoms with Gasteiger partial charge >= 0.3 is 0 Å². The predicted molar refractivity (Wildman–Crippen MR) is 70.8 cm³/mol. The lowest BCUT2D eigenvalue weighted by atomic mass is 10.0. The van der Waals surface area contributed by atoms with Crippen molar-refractivity contribution < 1.29 is 4.74 Å². The van der Waals surface area contributed by atoms with Crippen molar-refractivity contribution in [2.45, 2.75) is 63.6 Å². The van der Waals surface area contributed by atoms with Crippen LogP contribution < -0.4 is 0 Å². The van der Waals surface area contributed by atoms with Gasteiger partial charge in [-0.05, 0) is 38.7 Å². The number of rotatable bonds is 2. The van der Waals surface area contributed by atoms with Crippen molar-refractivity contribution in [3.63, 3.8) is 0 Å². The van der Waals surface area contributed by atoms with Crippen LogP contribution in [-0.2, 0) is 4.74 Å². The van der Waals surface area contributed by atoms with E-state index in [4.69, 9.17) is 21.3 Å². The summed E-state index contributed by atoms with van der Waals surface area (Å²) >= 11 is 6.14. The third kappa shape index (κ3) is 2.52. The summed E-state index contributed by atoms with van der Waals surface area (Å²) < 4.78 is 5.84. The van der Waals surface area contributed by atoms with Crippen LogP contribution in [0.25, 0.3) is 0 Å². The van der Waals surface area contributed by atoms with Crippen LogP contribution in [0.1, 0.15) is 69.0 Å². The van der Waals surface area contributed by atoms with Gasteiger partial charge in [-0.25, -0.2) is 9.97 Å². The Morgan fingerprint density at radius 3 is 2.61 bits per heavy atom. The van der Waals surface area contributed by atoms with Gasteiger partial charge in [0.15, 0.2) is 5.82 Å². The molecule has 0 radical (unpaired) electrons. The van der Waals surface area contributed by atoms with Gasteiger partial charge in [0.25, 0.3) is 0 Å². The van der Waals surface area contributed by atoms with E-state index >= 15 is 0 Å². The highest BCUT2D eigenvalue weighted by Crippen LogP contribution is 2.36. The average molecular weight is 267 g/mol. The first-order valence-electron chi connectivity index (χ1n) is 6.92. The fraction of sp³-hybridized carbons (Fsp3) is 0.714. The topological polar surface area (TPSA) is 35.0 Å². The van der Waals surface area contributed by atoms with Crippen molar-refractivity contribution in [1.29, 1.82) is 0 Å². The molecule has 0 N–H and O–H groups in total. The maximum absolute atomic E-state index is 6.14. The van der Waals surface area contributed by atoms with E-state index in [1.54, 1.807) is 0 Å². The van der Waals surface area contributed by atoms with Crippen LogP contribution in [0.3, 0.4) is 0 Å². The third-order valence-electron chi connectivity index (χ3n) is 4.03. The minimum Gasteiger partial charge on any atom is -0.367 e. The summed E-state index contributed by atoms with van der Waals surface area (Å²) in [5.74, 6) is 1.36. The van der Waals surface area contributed by atoms with Crippen molar-refractivity contribution in [1.82, 2.24) is 9.97 Å². The van der Waals surface area contributed by atoms with Crippen LogP contribution in [0.2, 0.25) is 5.15 Å². The van der Waals surface area contributed by atoms with Gasteiger partial charge in [-0.1, -0.05) is 24.4 Å². The summed E-state index contributed by atoms with van der Waals surface area (Å²) in [6.07, 6.45) is 7.51. The van der Waals surface area contributed by atoms with E-state index in [1.807, 2.05) is 6.07 Å². The second-order valence-electron chi connectivity index (χ2n) is 5.47. The molecule has 1 aromatic rings. The Labute approximate surface area is 113 Å². The second-order valence-corrected chi connectivity index (χ2v) is 5.86. The molecule has 1 aromatic heterocycles. The fourth-order valence-corrected chi connectivity index (χ4v) is 3.22. The minimum absolute atomic E-state index is 0.0406. The molecule has 2 aliphatic rings. The predicted octanol–water partition coefficient (Wildman–Crippen LogP) is 4.03. The molecule has 2 unspecified atom stereocenters. The number of nitrogens with zero attached hydrogens (tertiary/aromatic N) is 2. The Morgan fingerprint density at radius 2 is 1.94 bits per heavy atom. The summed E-state index contributed by atoms with van der Waals surface area (Å²) in [4.78, 5) is 9.06. The molecule has 4 heteroatoms. The number of hydrogen-bond donors (Lipinski definition) is 0. The molecule has 18 heavy (non-hydrogen) atoms. The molecule has 98 valence electrons. The SMILES string of the molecule is CC1CCC(c2nc(Cl)cc(C3CCCC3)n2)O1. The molecule has 2 atom stereocenters. The normalized spacial score (nSPS) is 29.0. The van der Waals surface area contributed by atoms with Gasteiger partial charge in [0, 0.05) is 11.6 Å². The first-order chi connectivity index (χ1) is 8.72. The Bertz CT molecular complexity index is 432. The van der Waals surface area contributed by atoms with Crippen LogP contribution in [0.5, 0.6) is 0 Å². The first-order valence-corrected chi connectivity index (χ1v) is 7.30. The quantitative estimate of drug-likeness (QED) is 0.758. The summed E-state index contributed by atoms with van der Waals surface area (Å²) in [5, 5.41) is 0.560. The summed E-state index contributed by atoms with van der Waals surface area (Å²) in [6.45, 7) is 2.10. The van der Waals surface area contributed by atoms with E-state index in [2.05, 4.69) is 11.9 Å². The monoisotopic (exact) mass is 266 g/mol. The molecular weight excluding hydrogens is 248 g/mol. The van der Waals surface area contributed by atoms with Crippen LogP contribution >= 0.6 is 11.6 Å². The largest absolute Gasteiger partial charge is 0.367 e. The van der Waals surface area contributed by atoms with Crippen molar-refractivity contribution in [2.75, 3.05) is 0 Å². The third-order valence-corrected chi connectivity index (χ3v) is 4.22. The van der Waals surface area contributed by atoms with E-state index in [0.717, 1.165) is 24.4 Å². The zero-order valence-corrected chi connectivity index (χ0v) is 11.5. The number of halogens is 1. The van der Waals surface area contributed by atoms with Gasteiger partial charge in [0.05, 0.1) is 6.10 Å². The van der Waals surface area contributed by atoms with Crippen LogP contribution in [0.15, 0.2) is 6.07 Å². The lowest BCUT2D eigenvalue weighted by Crippen LogP contribution is -2.09. The highest BCUT2D eigenvalue weighted by Gasteiger charge is 2.27. The smallest absolute Gasteiger partial charge is 0.159 e. The number of hydrogen-bond acceptors (Lipinski definition) is 3. The lowest BCUT2D eigenvalue weighted by molar-refractivity contribution is 0.0501. The van der Waals surface area contributed by atoms with E-state index in [-0.39, 0.29) is 6.10 Å². The van der Waals surface area contributed by atoms with Gasteiger partial charge in [-0.3, -0.25) is 0 Å². The molecule has 0 spiro atoms. The maximum atomic E-state index is 6.14. The highest BCUT2D eigenvalue weighted by molar-refractivity contribution is 6.29. The highest BCUT2D eigenvalue weighted by atomic mass is 35.5. The molecule has 1 saturated heterocycles. The van der Waals surface area contributed by atoms with Crippen molar-refractivity contribution in [2.24, 2.45) is 0 Å². The van der Waals surface area contributed by atoms with Crippen LogP contribution in [0.4, 0.5) is 0 Å². The van der Waals surface area contributed by atoms with E-state index < -0.39 is 0 Å². The minimum atomic E-state index is 0.0406. The molecule has 0 aromatic carbocycles. The van der Waals surface area contributed by atoms with Gasteiger partial charge in [-0.15, -0.1) is 0 Å². The van der Waals surface area contributed by atoms with Gasteiger partial charge in [-0.2, -0.15) is 0 Å². The molecule has 0 amide bonds. The Hall–Kier alpha value is -0.670. The van der Waals surface area contributed by atoms with Gasteiger partial charge in [0.1, 0.15) is 11.3 Å². The summed E-state index contributed by atoms with van der Waals surface area (Å²) in [6, 6.07) is 1.93. The second kappa shape index (κ2) is 5.14. The molecule has 1 aliphatic carbocycles. The zero-order valence-electron chi connectivity index (χ0n) is 10.7. The van der Waals surface area contributed by atoms with Crippen molar-refractivity contribution in [3.05, 3.63) is 22.7 Å². The Morgan fingerprint density at radius 1 is 1.17 bits per heavy atom. The molecule has 1 aliphatic heterocycles. The molecule has 2 heterocycles. The van der Waals surface area contributed by atoms with Gasteiger partial charge < -0.3 is 4.74 Å². The molecule has 3 nitrogen and oxygen atoms in total. The van der Waals surface area contributed by atoms with Crippen LogP contribution in [-0.4, -0.2) is 16.1 Å². The Balaban J connectivity index is 1.85. The van der Waals surface area contributed by atoms with Gasteiger partial charge in [0.2, 0.25) is 0 Å². The van der Waals surface area contributed by atoms with E-state index in [9.17, 15) is 0 Å². The van der Waals surface area contributed by atoms with Crippen molar-refractivity contribution in [3.8, 4) is 0 Å². The molecule has 1 saturated carbocycles. The standard InChI is InChI=1S/C14H19ClN2O/c1-9-6-7-12(18-9)14-16-11(8-13(15)17-14)10-4-2-3-5-10/h8-10,12H,2-7H2,1H3. The molecule has 2 fully saturated rings. The fourth-order valence-electron chi connectivity index (χ4n) is 3.02. The number of ether oxygens (including phenoxy) is 1. The summed E-state index contributed by atoms with van der Waals surface area (Å²) in [5.41, 5.74) is 1.12. The van der Waals surface area contributed by atoms with E-state index in [0.29, 0.717) is 17.2 Å². The first kappa shape index (κ1) is 12.4. The maximum Gasteiger partial charge on any atom is 0.159 e. The Kier molecular flexibility index (Phi) is 3.53. The molecular formula is C14H19ClN2O. The van der Waals surface area contributed by atoms with E-state index in [1.165, 1.54) is 25.7 Å². The number of aromatic nitrogens is 2. The van der Waals surface area contributed by atoms with Crippen molar-refractivity contribution >= 4 is 11.6 Å². The molecule has 3 rings (SSSR count). The van der Waals surface area contributed by atoms with Crippen LogP contribution in [0, 0.1) is 0 Å².